The van der Waals surface area contributed by atoms with E-state index in [9.17, 15) is 0 Å². The van der Waals surface area contributed by atoms with E-state index in [0.717, 1.165) is 50.1 Å². The molecule has 0 atom stereocenters. The fourth-order valence-electron chi connectivity index (χ4n) is 9.67. The number of fused-ring (bicyclic) bond motifs is 10. The molecule has 0 radical (unpaired) electrons. The maximum atomic E-state index is 5.37. The lowest BCUT2D eigenvalue weighted by Crippen LogP contribution is -1.98. The number of hydrogen-bond acceptors (Lipinski definition) is 2. The van der Waals surface area contributed by atoms with Gasteiger partial charge in [0.1, 0.15) is 0 Å². The molecule has 10 aromatic carbocycles. The maximum Gasteiger partial charge on any atom is 0.160 e. The summed E-state index contributed by atoms with van der Waals surface area (Å²) in [5.41, 5.74) is 10.8. The minimum atomic E-state index is 0.700. The number of para-hydroxylation sites is 2. The molecule has 0 amide bonds. The molecule has 0 fully saturated rings. The van der Waals surface area contributed by atoms with Crippen LogP contribution in [0.2, 0.25) is 0 Å². The van der Waals surface area contributed by atoms with Gasteiger partial charge in [0.15, 0.2) is 5.82 Å². The summed E-state index contributed by atoms with van der Waals surface area (Å²) < 4.78 is 4.85. The summed E-state index contributed by atoms with van der Waals surface area (Å²) in [5, 5.41) is 13.2. The van der Waals surface area contributed by atoms with E-state index in [1.807, 2.05) is 0 Å². The van der Waals surface area contributed by atoms with Crippen LogP contribution in [0.25, 0.3) is 121 Å². The van der Waals surface area contributed by atoms with E-state index in [4.69, 9.17) is 9.97 Å². The average molecular weight is 763 g/mol. The second kappa shape index (κ2) is 12.7. The Morgan fingerprint density at radius 1 is 0.300 bits per heavy atom. The number of benzene rings is 10. The Hall–Kier alpha value is -8.08. The highest BCUT2D eigenvalue weighted by Gasteiger charge is 2.19. The van der Waals surface area contributed by atoms with Crippen molar-refractivity contribution in [1.82, 2.24) is 19.1 Å². The summed E-state index contributed by atoms with van der Waals surface area (Å²) in [6.07, 6.45) is 0. The highest BCUT2D eigenvalue weighted by atomic mass is 15.0. The molecule has 3 heterocycles. The molecule has 0 saturated heterocycles. The van der Waals surface area contributed by atoms with Gasteiger partial charge in [-0.2, -0.15) is 0 Å². The minimum absolute atomic E-state index is 0.700. The van der Waals surface area contributed by atoms with Crippen LogP contribution in [-0.4, -0.2) is 19.1 Å². The molecule has 4 heteroatoms. The quantitative estimate of drug-likeness (QED) is 0.179. The minimum Gasteiger partial charge on any atom is -0.309 e. The van der Waals surface area contributed by atoms with Gasteiger partial charge in [0.2, 0.25) is 0 Å². The first-order valence-electron chi connectivity index (χ1n) is 20.5. The monoisotopic (exact) mass is 762 g/mol. The van der Waals surface area contributed by atoms with E-state index >= 15 is 0 Å². The van der Waals surface area contributed by atoms with E-state index in [2.05, 4.69) is 215 Å². The second-order valence-electron chi connectivity index (χ2n) is 15.8. The van der Waals surface area contributed by atoms with Crippen LogP contribution in [0.15, 0.2) is 206 Å². The van der Waals surface area contributed by atoms with Gasteiger partial charge in [-0.25, -0.2) is 9.97 Å². The summed E-state index contributed by atoms with van der Waals surface area (Å²) in [6.45, 7) is 0. The molecule has 13 rings (SSSR count). The highest BCUT2D eigenvalue weighted by molar-refractivity contribution is 6.16. The smallest absolute Gasteiger partial charge is 0.160 e. The van der Waals surface area contributed by atoms with Crippen LogP contribution >= 0.6 is 0 Å². The van der Waals surface area contributed by atoms with Crippen molar-refractivity contribution < 1.29 is 0 Å². The van der Waals surface area contributed by atoms with E-state index in [0.29, 0.717) is 5.82 Å². The van der Waals surface area contributed by atoms with Crippen LogP contribution in [0.4, 0.5) is 0 Å². The normalized spacial score (nSPS) is 12.0. The first-order chi connectivity index (χ1) is 29.7. The van der Waals surface area contributed by atoms with E-state index in [1.165, 1.54) is 64.9 Å². The highest BCUT2D eigenvalue weighted by Crippen LogP contribution is 2.40. The van der Waals surface area contributed by atoms with Gasteiger partial charge in [-0.15, -0.1) is 0 Å². The van der Waals surface area contributed by atoms with Gasteiger partial charge < -0.3 is 9.13 Å². The van der Waals surface area contributed by atoms with E-state index in [1.54, 1.807) is 0 Å². The predicted octanol–water partition coefficient (Wildman–Crippen LogP) is 14.6. The molecule has 13 aromatic rings. The summed E-state index contributed by atoms with van der Waals surface area (Å²) in [7, 11) is 0. The summed E-state index contributed by atoms with van der Waals surface area (Å²) in [6, 6.07) is 74.5. The zero-order chi connectivity index (χ0) is 39.3. The summed E-state index contributed by atoms with van der Waals surface area (Å²) >= 11 is 0. The van der Waals surface area contributed by atoms with Crippen molar-refractivity contribution in [1.29, 1.82) is 0 Å². The van der Waals surface area contributed by atoms with E-state index in [-0.39, 0.29) is 0 Å². The molecule has 0 spiro atoms. The molecule has 0 N–H and O–H groups in total. The topological polar surface area (TPSA) is 35.6 Å². The zero-order valence-electron chi connectivity index (χ0n) is 32.4. The third-order valence-corrected chi connectivity index (χ3v) is 12.4. The van der Waals surface area contributed by atoms with Crippen molar-refractivity contribution in [2.75, 3.05) is 0 Å². The number of rotatable bonds is 4. The lowest BCUT2D eigenvalue weighted by Gasteiger charge is -2.13. The Bertz CT molecular complexity index is 3900. The molecule has 4 nitrogen and oxygen atoms in total. The van der Waals surface area contributed by atoms with Crippen LogP contribution in [0, 0.1) is 0 Å². The third-order valence-electron chi connectivity index (χ3n) is 12.4. The molecular formula is C56H34N4. The SMILES string of the molecule is c1cc(-c2nc(-c3cccc4ccccc34)c3ccccc3n2)cc(-n2c3ccc(-n4c5ccccc5c5cc6ccccc6cc54)cc3c3cc4ccccc4cc32)c1. The lowest BCUT2D eigenvalue weighted by atomic mass is 9.99. The molecule has 0 aliphatic rings. The molecule has 0 bridgehead atoms. The van der Waals surface area contributed by atoms with Crippen molar-refractivity contribution in [2.24, 2.45) is 0 Å². The van der Waals surface area contributed by atoms with E-state index < -0.39 is 0 Å². The van der Waals surface area contributed by atoms with Crippen LogP contribution in [0.5, 0.6) is 0 Å². The molecule has 0 unspecified atom stereocenters. The average Bonchev–Trinajstić information content (AvgIpc) is 3.80. The molecule has 60 heavy (non-hydrogen) atoms. The molecule has 3 aromatic heterocycles. The van der Waals surface area contributed by atoms with Gasteiger partial charge in [-0.1, -0.05) is 140 Å². The van der Waals surface area contributed by atoms with Gasteiger partial charge in [-0.05, 0) is 99.0 Å². The van der Waals surface area contributed by atoms with Gasteiger partial charge in [-0.3, -0.25) is 0 Å². The molecule has 0 aliphatic heterocycles. The number of nitrogens with zero attached hydrogens (tertiary/aromatic N) is 4. The largest absolute Gasteiger partial charge is 0.309 e. The standard InChI is InChI=1S/C56H34N4/c1-3-16-38-32-53-47(30-36(38)14-1)44-22-8-10-26-51(44)60(53)42-27-28-52-49(34-42)48-31-37-15-2-4-17-39(37)33-54(48)59(52)41-20-11-19-40(29-41)56-57-50-25-9-7-23-46(50)55(58-56)45-24-12-18-35-13-5-6-21-43(35)45/h1-34H. The second-order valence-corrected chi connectivity index (χ2v) is 15.8. The Morgan fingerprint density at radius 3 is 1.58 bits per heavy atom. The fraction of sp³-hybridized carbons (Fsp3) is 0. The summed E-state index contributed by atoms with van der Waals surface area (Å²) in [4.78, 5) is 10.6. The van der Waals surface area contributed by atoms with Crippen molar-refractivity contribution in [2.45, 2.75) is 0 Å². The number of aromatic nitrogens is 4. The lowest BCUT2D eigenvalue weighted by molar-refractivity contribution is 1.16. The predicted molar refractivity (Wildman–Crippen MR) is 252 cm³/mol. The Balaban J connectivity index is 1.04. The number of hydrogen-bond donors (Lipinski definition) is 0. The fourth-order valence-corrected chi connectivity index (χ4v) is 9.67. The Kier molecular flexibility index (Phi) is 6.98. The molecule has 0 saturated carbocycles. The van der Waals surface area contributed by atoms with Crippen molar-refractivity contribution in [3.63, 3.8) is 0 Å². The van der Waals surface area contributed by atoms with Crippen molar-refractivity contribution in [3.05, 3.63) is 206 Å². The first kappa shape index (κ1) is 32.9. The van der Waals surface area contributed by atoms with Crippen molar-refractivity contribution in [3.8, 4) is 34.0 Å². The molecule has 0 aliphatic carbocycles. The van der Waals surface area contributed by atoms with Crippen LogP contribution in [-0.2, 0) is 0 Å². The molecular weight excluding hydrogens is 729 g/mol. The van der Waals surface area contributed by atoms with Gasteiger partial charge in [0, 0.05) is 49.4 Å². The van der Waals surface area contributed by atoms with Gasteiger partial charge >= 0.3 is 0 Å². The van der Waals surface area contributed by atoms with Crippen LogP contribution in [0.1, 0.15) is 0 Å². The maximum absolute atomic E-state index is 5.37. The first-order valence-corrected chi connectivity index (χ1v) is 20.5. The van der Waals surface area contributed by atoms with Crippen molar-refractivity contribution >= 4 is 86.8 Å². The van der Waals surface area contributed by atoms with Gasteiger partial charge in [0.05, 0.1) is 33.3 Å². The zero-order valence-corrected chi connectivity index (χ0v) is 32.4. The van der Waals surface area contributed by atoms with Crippen LogP contribution in [0.3, 0.4) is 0 Å². The summed E-state index contributed by atoms with van der Waals surface area (Å²) in [5.74, 6) is 0.700. The Labute approximate surface area is 344 Å². The van der Waals surface area contributed by atoms with Crippen LogP contribution < -0.4 is 0 Å². The Morgan fingerprint density at radius 2 is 0.833 bits per heavy atom. The van der Waals surface area contributed by atoms with Gasteiger partial charge in [0.25, 0.3) is 0 Å². The molecule has 278 valence electrons. The third kappa shape index (κ3) is 4.91.